The van der Waals surface area contributed by atoms with Crippen LogP contribution in [0, 0.1) is 0 Å². The lowest BCUT2D eigenvalue weighted by atomic mass is 10.2. The van der Waals surface area contributed by atoms with Gasteiger partial charge in [-0.05, 0) is 13.1 Å². The molecule has 0 radical (unpaired) electrons. The maximum Gasteiger partial charge on any atom is 0.142 e. The Morgan fingerprint density at radius 1 is 1.62 bits per heavy atom. The van der Waals surface area contributed by atoms with Gasteiger partial charge in [0.1, 0.15) is 12.4 Å². The van der Waals surface area contributed by atoms with E-state index < -0.39 is 0 Å². The van der Waals surface area contributed by atoms with Crippen molar-refractivity contribution < 1.29 is 4.74 Å². The number of hydrogen-bond donors (Lipinski definition) is 1. The molecule has 1 rings (SSSR count). The van der Waals surface area contributed by atoms with Crippen LogP contribution in [0.5, 0.6) is 5.75 Å². The van der Waals surface area contributed by atoms with Crippen molar-refractivity contribution >= 4 is 0 Å². The lowest BCUT2D eigenvalue weighted by Crippen LogP contribution is -2.24. The first kappa shape index (κ1) is 12.7. The lowest BCUT2D eigenvalue weighted by molar-refractivity contribution is 0.247. The highest BCUT2D eigenvalue weighted by Gasteiger charge is 2.02. The van der Waals surface area contributed by atoms with Crippen molar-refractivity contribution in [2.75, 3.05) is 26.7 Å². The van der Waals surface area contributed by atoms with Crippen LogP contribution < -0.4 is 10.5 Å². The Hall–Kier alpha value is -1.39. The molecule has 4 nitrogen and oxygen atoms in total. The topological polar surface area (TPSA) is 51.4 Å². The SMILES string of the molecule is C=CCN(C)CCOc1cnccc1CN. The standard InChI is InChI=1S/C12H19N3O/c1-3-6-15(2)7-8-16-12-10-14-5-4-11(12)9-13/h3-5,10H,1,6-9,13H2,2H3. The average Bonchev–Trinajstić information content (AvgIpc) is 2.30. The maximum absolute atomic E-state index is 5.63. The number of nitrogens with zero attached hydrogens (tertiary/aromatic N) is 2. The molecule has 1 aromatic heterocycles. The molecule has 0 saturated heterocycles. The van der Waals surface area contributed by atoms with Gasteiger partial charge in [-0.15, -0.1) is 6.58 Å². The third kappa shape index (κ3) is 4.00. The smallest absolute Gasteiger partial charge is 0.142 e. The molecule has 0 aliphatic heterocycles. The Morgan fingerprint density at radius 2 is 2.44 bits per heavy atom. The molecule has 1 aromatic rings. The van der Waals surface area contributed by atoms with Gasteiger partial charge in [0, 0.05) is 31.4 Å². The fourth-order valence-corrected chi connectivity index (χ4v) is 1.33. The van der Waals surface area contributed by atoms with Gasteiger partial charge in [0.05, 0.1) is 6.20 Å². The van der Waals surface area contributed by atoms with Gasteiger partial charge in [0.15, 0.2) is 0 Å². The molecule has 0 saturated carbocycles. The second-order valence-corrected chi connectivity index (χ2v) is 3.59. The van der Waals surface area contributed by atoms with Crippen LogP contribution >= 0.6 is 0 Å². The van der Waals surface area contributed by atoms with Crippen LogP contribution in [0.4, 0.5) is 0 Å². The molecule has 0 aliphatic rings. The third-order valence-electron chi connectivity index (χ3n) is 2.26. The summed E-state index contributed by atoms with van der Waals surface area (Å²) < 4.78 is 5.63. The van der Waals surface area contributed by atoms with Crippen molar-refractivity contribution in [3.05, 3.63) is 36.7 Å². The normalized spacial score (nSPS) is 10.4. The van der Waals surface area contributed by atoms with Gasteiger partial charge in [-0.3, -0.25) is 9.88 Å². The Bertz CT molecular complexity index is 328. The summed E-state index contributed by atoms with van der Waals surface area (Å²) >= 11 is 0. The van der Waals surface area contributed by atoms with E-state index in [4.69, 9.17) is 10.5 Å². The first-order valence-corrected chi connectivity index (χ1v) is 5.33. The summed E-state index contributed by atoms with van der Waals surface area (Å²) in [5.41, 5.74) is 6.59. The third-order valence-corrected chi connectivity index (χ3v) is 2.26. The molecule has 88 valence electrons. The van der Waals surface area contributed by atoms with Gasteiger partial charge in [-0.1, -0.05) is 6.08 Å². The van der Waals surface area contributed by atoms with E-state index in [9.17, 15) is 0 Å². The fraction of sp³-hybridized carbons (Fsp3) is 0.417. The number of likely N-dealkylation sites (N-methyl/N-ethyl adjacent to an activating group) is 1. The lowest BCUT2D eigenvalue weighted by Gasteiger charge is -2.15. The number of pyridine rings is 1. The number of rotatable bonds is 7. The largest absolute Gasteiger partial charge is 0.490 e. The van der Waals surface area contributed by atoms with Crippen LogP contribution in [0.1, 0.15) is 5.56 Å². The molecule has 1 heterocycles. The second kappa shape index (κ2) is 6.98. The van der Waals surface area contributed by atoms with Crippen LogP contribution in [-0.4, -0.2) is 36.6 Å². The first-order valence-electron chi connectivity index (χ1n) is 5.33. The summed E-state index contributed by atoms with van der Waals surface area (Å²) in [6.45, 7) is 6.50. The summed E-state index contributed by atoms with van der Waals surface area (Å²) in [7, 11) is 2.03. The first-order chi connectivity index (χ1) is 7.77. The quantitative estimate of drug-likeness (QED) is 0.699. The van der Waals surface area contributed by atoms with Crippen LogP contribution in [0.3, 0.4) is 0 Å². The van der Waals surface area contributed by atoms with E-state index in [1.165, 1.54) is 0 Å². The molecular formula is C12H19N3O. The molecule has 4 heteroatoms. The molecule has 2 N–H and O–H groups in total. The minimum atomic E-state index is 0.473. The highest BCUT2D eigenvalue weighted by Crippen LogP contribution is 2.14. The summed E-state index contributed by atoms with van der Waals surface area (Å²) in [6.07, 6.45) is 5.30. The van der Waals surface area contributed by atoms with Crippen molar-refractivity contribution in [3.8, 4) is 5.75 Å². The predicted octanol–water partition coefficient (Wildman–Crippen LogP) is 1.04. The van der Waals surface area contributed by atoms with Gasteiger partial charge < -0.3 is 10.5 Å². The summed E-state index contributed by atoms with van der Waals surface area (Å²) in [5, 5.41) is 0. The van der Waals surface area contributed by atoms with Crippen molar-refractivity contribution in [2.45, 2.75) is 6.54 Å². The van der Waals surface area contributed by atoms with Crippen LogP contribution in [0.2, 0.25) is 0 Å². The fourth-order valence-electron chi connectivity index (χ4n) is 1.33. The minimum Gasteiger partial charge on any atom is -0.490 e. The van der Waals surface area contributed by atoms with Crippen LogP contribution in [-0.2, 0) is 6.54 Å². The molecule has 0 unspecified atom stereocenters. The molecule has 0 spiro atoms. The van der Waals surface area contributed by atoms with Gasteiger partial charge in [-0.25, -0.2) is 0 Å². The monoisotopic (exact) mass is 221 g/mol. The Labute approximate surface area is 96.7 Å². The zero-order chi connectivity index (χ0) is 11.8. The van der Waals surface area contributed by atoms with Crippen molar-refractivity contribution in [1.29, 1.82) is 0 Å². The molecule has 0 aliphatic carbocycles. The summed E-state index contributed by atoms with van der Waals surface area (Å²) in [4.78, 5) is 6.15. The summed E-state index contributed by atoms with van der Waals surface area (Å²) in [6, 6.07) is 1.88. The van der Waals surface area contributed by atoms with Crippen LogP contribution in [0.25, 0.3) is 0 Å². The Kier molecular flexibility index (Phi) is 5.53. The van der Waals surface area contributed by atoms with Gasteiger partial charge in [0.2, 0.25) is 0 Å². The van der Waals surface area contributed by atoms with E-state index >= 15 is 0 Å². The van der Waals surface area contributed by atoms with Crippen molar-refractivity contribution in [3.63, 3.8) is 0 Å². The van der Waals surface area contributed by atoms with E-state index in [1.54, 1.807) is 12.4 Å². The molecule has 16 heavy (non-hydrogen) atoms. The molecule has 0 aromatic carbocycles. The summed E-state index contributed by atoms with van der Waals surface area (Å²) in [5.74, 6) is 0.775. The van der Waals surface area contributed by atoms with E-state index in [0.717, 1.165) is 24.4 Å². The zero-order valence-corrected chi connectivity index (χ0v) is 9.72. The number of ether oxygens (including phenoxy) is 1. The van der Waals surface area contributed by atoms with E-state index in [2.05, 4.69) is 16.5 Å². The van der Waals surface area contributed by atoms with E-state index in [0.29, 0.717) is 13.2 Å². The maximum atomic E-state index is 5.63. The number of hydrogen-bond acceptors (Lipinski definition) is 4. The van der Waals surface area contributed by atoms with Gasteiger partial charge in [0.25, 0.3) is 0 Å². The number of aromatic nitrogens is 1. The van der Waals surface area contributed by atoms with Gasteiger partial charge in [-0.2, -0.15) is 0 Å². The van der Waals surface area contributed by atoms with Gasteiger partial charge >= 0.3 is 0 Å². The highest BCUT2D eigenvalue weighted by atomic mass is 16.5. The van der Waals surface area contributed by atoms with Crippen molar-refractivity contribution in [2.24, 2.45) is 5.73 Å². The van der Waals surface area contributed by atoms with Crippen LogP contribution in [0.15, 0.2) is 31.1 Å². The Balaban J connectivity index is 2.39. The highest BCUT2D eigenvalue weighted by molar-refractivity contribution is 5.29. The Morgan fingerprint density at radius 3 is 3.12 bits per heavy atom. The van der Waals surface area contributed by atoms with Crippen molar-refractivity contribution in [1.82, 2.24) is 9.88 Å². The average molecular weight is 221 g/mol. The number of nitrogens with two attached hydrogens (primary N) is 1. The molecule has 0 atom stereocenters. The molecular weight excluding hydrogens is 202 g/mol. The molecule has 0 fully saturated rings. The second-order valence-electron chi connectivity index (χ2n) is 3.59. The van der Waals surface area contributed by atoms with E-state index in [1.807, 2.05) is 19.2 Å². The van der Waals surface area contributed by atoms with E-state index in [-0.39, 0.29) is 0 Å². The zero-order valence-electron chi connectivity index (χ0n) is 9.72. The molecule has 0 bridgehead atoms. The predicted molar refractivity (Wildman–Crippen MR) is 65.3 cm³/mol. The minimum absolute atomic E-state index is 0.473. The molecule has 0 amide bonds.